The second kappa shape index (κ2) is 7.52. The molecule has 0 spiro atoms. The van der Waals surface area contributed by atoms with Gasteiger partial charge >= 0.3 is 5.97 Å². The van der Waals surface area contributed by atoms with Crippen LogP contribution in [0.1, 0.15) is 53.9 Å². The summed E-state index contributed by atoms with van der Waals surface area (Å²) < 4.78 is 5.36. The maximum Gasteiger partial charge on any atom is 0.309 e. The van der Waals surface area contributed by atoms with E-state index in [0.29, 0.717) is 25.3 Å². The zero-order chi connectivity index (χ0) is 14.3. The first-order valence-corrected chi connectivity index (χ1v) is 6.60. The Morgan fingerprint density at radius 2 is 1.78 bits per heavy atom. The molecule has 4 heteroatoms. The van der Waals surface area contributed by atoms with Crippen LogP contribution in [0, 0.1) is 11.8 Å². The van der Waals surface area contributed by atoms with E-state index in [0.717, 1.165) is 0 Å². The fourth-order valence-corrected chi connectivity index (χ4v) is 1.75. The molecule has 0 saturated heterocycles. The maximum absolute atomic E-state index is 12.0. The van der Waals surface area contributed by atoms with E-state index in [1.54, 1.807) is 0 Å². The van der Waals surface area contributed by atoms with Gasteiger partial charge in [0, 0.05) is 12.8 Å². The summed E-state index contributed by atoms with van der Waals surface area (Å²) in [6, 6.07) is 0. The van der Waals surface area contributed by atoms with Crippen molar-refractivity contribution < 1.29 is 14.3 Å². The van der Waals surface area contributed by atoms with E-state index in [9.17, 15) is 9.59 Å². The van der Waals surface area contributed by atoms with Crippen LogP contribution in [0.4, 0.5) is 0 Å². The van der Waals surface area contributed by atoms with Crippen LogP contribution in [0.5, 0.6) is 0 Å². The Balaban J connectivity index is 4.57. The average molecular weight is 257 g/mol. The summed E-state index contributed by atoms with van der Waals surface area (Å²) in [5.41, 5.74) is 4.84. The molecule has 2 N–H and O–H groups in total. The van der Waals surface area contributed by atoms with Crippen molar-refractivity contribution in [2.75, 3.05) is 6.54 Å². The van der Waals surface area contributed by atoms with Crippen LogP contribution in [0.2, 0.25) is 0 Å². The van der Waals surface area contributed by atoms with E-state index in [2.05, 4.69) is 0 Å². The highest BCUT2D eigenvalue weighted by molar-refractivity contribution is 5.84. The van der Waals surface area contributed by atoms with Gasteiger partial charge in [0.05, 0.1) is 5.92 Å². The largest absolute Gasteiger partial charge is 0.460 e. The smallest absolute Gasteiger partial charge is 0.309 e. The van der Waals surface area contributed by atoms with Gasteiger partial charge in [-0.1, -0.05) is 13.8 Å². The first-order valence-electron chi connectivity index (χ1n) is 6.60. The molecule has 0 unspecified atom stereocenters. The summed E-state index contributed by atoms with van der Waals surface area (Å²) in [6.45, 7) is 9.90. The van der Waals surface area contributed by atoms with Crippen LogP contribution < -0.4 is 5.73 Å². The number of carbonyl (C=O) groups is 2. The zero-order valence-corrected chi connectivity index (χ0v) is 12.3. The lowest BCUT2D eigenvalue weighted by Crippen LogP contribution is -2.31. The number of carbonyl (C=O) groups excluding carboxylic acids is 2. The quantitative estimate of drug-likeness (QED) is 0.710. The number of nitrogens with two attached hydrogens (primary N) is 1. The molecule has 0 heterocycles. The lowest BCUT2D eigenvalue weighted by Gasteiger charge is -2.24. The van der Waals surface area contributed by atoms with Crippen LogP contribution in [-0.2, 0) is 14.3 Å². The Morgan fingerprint density at radius 1 is 1.22 bits per heavy atom. The summed E-state index contributed by atoms with van der Waals surface area (Å²) in [5, 5.41) is 0. The van der Waals surface area contributed by atoms with E-state index >= 15 is 0 Å². The van der Waals surface area contributed by atoms with Crippen molar-refractivity contribution in [3.8, 4) is 0 Å². The topological polar surface area (TPSA) is 69.4 Å². The van der Waals surface area contributed by atoms with Gasteiger partial charge in [-0.3, -0.25) is 9.59 Å². The summed E-state index contributed by atoms with van der Waals surface area (Å²) in [7, 11) is 0. The Hall–Kier alpha value is -0.900. The second-order valence-electron chi connectivity index (χ2n) is 6.14. The SMILES string of the molecule is CC(C)C[C@H](CC(=O)CCN)C(=O)OC(C)(C)C. The molecule has 0 aromatic carbocycles. The normalized spacial score (nSPS) is 13.5. The van der Waals surface area contributed by atoms with Gasteiger partial charge in [0.25, 0.3) is 0 Å². The van der Waals surface area contributed by atoms with E-state index in [-0.39, 0.29) is 24.1 Å². The highest BCUT2D eigenvalue weighted by atomic mass is 16.6. The molecule has 0 aliphatic heterocycles. The molecule has 0 amide bonds. The number of rotatable bonds is 7. The van der Waals surface area contributed by atoms with E-state index in [1.807, 2.05) is 34.6 Å². The van der Waals surface area contributed by atoms with Crippen molar-refractivity contribution in [2.45, 2.75) is 59.5 Å². The highest BCUT2D eigenvalue weighted by Crippen LogP contribution is 2.21. The molecular formula is C14H27NO3. The van der Waals surface area contributed by atoms with Gasteiger partial charge in [-0.15, -0.1) is 0 Å². The van der Waals surface area contributed by atoms with Gasteiger partial charge in [0.1, 0.15) is 11.4 Å². The van der Waals surface area contributed by atoms with Gasteiger partial charge < -0.3 is 10.5 Å². The lowest BCUT2D eigenvalue weighted by atomic mass is 9.91. The summed E-state index contributed by atoms with van der Waals surface area (Å²) in [5.74, 6) is -0.230. The molecule has 0 aromatic heterocycles. The van der Waals surface area contributed by atoms with Gasteiger partial charge in [-0.2, -0.15) is 0 Å². The highest BCUT2D eigenvalue weighted by Gasteiger charge is 2.27. The Morgan fingerprint density at radius 3 is 2.17 bits per heavy atom. The van der Waals surface area contributed by atoms with Crippen molar-refractivity contribution in [1.82, 2.24) is 0 Å². The molecule has 0 saturated carbocycles. The minimum absolute atomic E-state index is 0.0361. The molecule has 0 aliphatic rings. The number of Topliss-reactive ketones (excluding diaryl/α,β-unsaturated/α-hetero) is 1. The van der Waals surface area contributed by atoms with Crippen molar-refractivity contribution >= 4 is 11.8 Å². The molecule has 4 nitrogen and oxygen atoms in total. The predicted octanol–water partition coefficient (Wildman–Crippen LogP) is 2.30. The first kappa shape index (κ1) is 17.1. The number of esters is 1. The Labute approximate surface area is 110 Å². The predicted molar refractivity (Wildman–Crippen MR) is 72.1 cm³/mol. The van der Waals surface area contributed by atoms with Crippen molar-refractivity contribution in [2.24, 2.45) is 17.6 Å². The molecule has 18 heavy (non-hydrogen) atoms. The number of hydrogen-bond donors (Lipinski definition) is 1. The third-order valence-electron chi connectivity index (χ3n) is 2.39. The van der Waals surface area contributed by atoms with Crippen molar-refractivity contribution in [3.63, 3.8) is 0 Å². The van der Waals surface area contributed by atoms with Gasteiger partial charge in [-0.05, 0) is 39.7 Å². The van der Waals surface area contributed by atoms with Crippen LogP contribution in [0.3, 0.4) is 0 Å². The van der Waals surface area contributed by atoms with Gasteiger partial charge in [0.15, 0.2) is 0 Å². The number of ether oxygens (including phenoxy) is 1. The summed E-state index contributed by atoms with van der Waals surface area (Å²) >= 11 is 0. The Kier molecular flexibility index (Phi) is 7.14. The molecule has 0 fully saturated rings. The van der Waals surface area contributed by atoms with Crippen molar-refractivity contribution in [1.29, 1.82) is 0 Å². The lowest BCUT2D eigenvalue weighted by molar-refractivity contribution is -0.161. The number of ketones is 1. The van der Waals surface area contributed by atoms with Crippen molar-refractivity contribution in [3.05, 3.63) is 0 Å². The fraction of sp³-hybridized carbons (Fsp3) is 0.857. The molecule has 1 atom stereocenters. The van der Waals surface area contributed by atoms with E-state index in [1.165, 1.54) is 0 Å². The molecule has 0 radical (unpaired) electrons. The van der Waals surface area contributed by atoms with E-state index in [4.69, 9.17) is 10.5 Å². The Bertz CT molecular complexity index is 279. The second-order valence-corrected chi connectivity index (χ2v) is 6.14. The molecular weight excluding hydrogens is 230 g/mol. The third-order valence-corrected chi connectivity index (χ3v) is 2.39. The molecule has 106 valence electrons. The third kappa shape index (κ3) is 8.23. The zero-order valence-electron chi connectivity index (χ0n) is 12.3. The minimum Gasteiger partial charge on any atom is -0.460 e. The van der Waals surface area contributed by atoms with E-state index < -0.39 is 5.60 Å². The van der Waals surface area contributed by atoms with Crippen LogP contribution >= 0.6 is 0 Å². The minimum atomic E-state index is -0.511. The molecule has 0 aliphatic carbocycles. The maximum atomic E-state index is 12.0. The summed E-state index contributed by atoms with van der Waals surface area (Å²) in [6.07, 6.45) is 1.24. The standard InChI is InChI=1S/C14H27NO3/c1-10(2)8-11(9-12(16)6-7-15)13(17)18-14(3,4)5/h10-11H,6-9,15H2,1-5H3/t11-/m1/s1. The first-order chi connectivity index (χ1) is 8.15. The molecule has 0 rings (SSSR count). The monoisotopic (exact) mass is 257 g/mol. The van der Waals surface area contributed by atoms with Crippen LogP contribution in [0.25, 0.3) is 0 Å². The van der Waals surface area contributed by atoms with Crippen LogP contribution in [-0.4, -0.2) is 23.9 Å². The fourth-order valence-electron chi connectivity index (χ4n) is 1.75. The average Bonchev–Trinajstić information content (AvgIpc) is 2.13. The van der Waals surface area contributed by atoms with Gasteiger partial charge in [-0.25, -0.2) is 0 Å². The van der Waals surface area contributed by atoms with Crippen LogP contribution in [0.15, 0.2) is 0 Å². The molecule has 0 aromatic rings. The summed E-state index contributed by atoms with van der Waals surface area (Å²) in [4.78, 5) is 23.6. The molecule has 0 bridgehead atoms. The number of hydrogen-bond acceptors (Lipinski definition) is 4. The van der Waals surface area contributed by atoms with Gasteiger partial charge in [0.2, 0.25) is 0 Å².